The van der Waals surface area contributed by atoms with Crippen molar-refractivity contribution < 1.29 is 9.53 Å². The van der Waals surface area contributed by atoms with Crippen LogP contribution >= 0.6 is 0 Å². The number of hydrogen-bond donors (Lipinski definition) is 1. The quantitative estimate of drug-likeness (QED) is 0.813. The third kappa shape index (κ3) is 2.18. The zero-order chi connectivity index (χ0) is 12.5. The van der Waals surface area contributed by atoms with E-state index in [1.54, 1.807) is 0 Å². The van der Waals surface area contributed by atoms with Gasteiger partial charge in [-0.15, -0.1) is 0 Å². The Bertz CT molecular complexity index is 458. The van der Waals surface area contributed by atoms with Gasteiger partial charge in [-0.2, -0.15) is 0 Å². The number of nitrogens with two attached hydrogens (primary N) is 1. The molecular formula is C14H17NO2. The Morgan fingerprint density at radius 2 is 1.94 bits per heavy atom. The zero-order valence-corrected chi connectivity index (χ0v) is 10.2. The lowest BCUT2D eigenvalue weighted by atomic mass is 9.79. The topological polar surface area (TPSA) is 52.3 Å². The monoisotopic (exact) mass is 231 g/mol. The summed E-state index contributed by atoms with van der Waals surface area (Å²) in [5.41, 5.74) is 6.72. The van der Waals surface area contributed by atoms with E-state index in [0.29, 0.717) is 18.1 Å². The Morgan fingerprint density at radius 3 is 2.47 bits per heavy atom. The molecule has 0 amide bonds. The summed E-state index contributed by atoms with van der Waals surface area (Å²) < 4.78 is 5.33. The molecule has 3 nitrogen and oxygen atoms in total. The number of ether oxygens (including phenoxy) is 1. The van der Waals surface area contributed by atoms with Crippen molar-refractivity contribution >= 4 is 11.5 Å². The molecule has 1 aliphatic heterocycles. The third-order valence-corrected chi connectivity index (χ3v) is 3.13. The summed E-state index contributed by atoms with van der Waals surface area (Å²) in [5.74, 6) is 0.520. The van der Waals surface area contributed by atoms with E-state index in [1.165, 1.54) is 0 Å². The lowest BCUT2D eigenvalue weighted by Crippen LogP contribution is -2.30. The highest BCUT2D eigenvalue weighted by Gasteiger charge is 2.33. The molecule has 2 rings (SSSR count). The molecule has 0 bridgehead atoms. The van der Waals surface area contributed by atoms with Gasteiger partial charge >= 0.3 is 0 Å². The molecule has 0 saturated carbocycles. The molecule has 3 heteroatoms. The molecule has 1 aromatic rings. The molecule has 0 aliphatic carbocycles. The van der Waals surface area contributed by atoms with Crippen LogP contribution in [0, 0.1) is 0 Å². The van der Waals surface area contributed by atoms with Crippen molar-refractivity contribution in [3.8, 4) is 0 Å². The van der Waals surface area contributed by atoms with Crippen LogP contribution in [0.5, 0.6) is 0 Å². The molecule has 0 saturated heterocycles. The van der Waals surface area contributed by atoms with Gasteiger partial charge in [0.2, 0.25) is 5.78 Å². The number of anilines is 1. The predicted molar refractivity (Wildman–Crippen MR) is 67.5 cm³/mol. The zero-order valence-electron chi connectivity index (χ0n) is 10.2. The Kier molecular flexibility index (Phi) is 2.92. The summed E-state index contributed by atoms with van der Waals surface area (Å²) in [4.78, 5) is 12.3. The first-order valence-corrected chi connectivity index (χ1v) is 5.75. The number of Topliss-reactive ketones (excluding diaryl/α,β-unsaturated/α-hetero) is 1. The highest BCUT2D eigenvalue weighted by molar-refractivity contribution is 6.01. The molecule has 1 aliphatic rings. The highest BCUT2D eigenvalue weighted by atomic mass is 16.5. The fraction of sp³-hybridized carbons (Fsp3) is 0.357. The van der Waals surface area contributed by atoms with Gasteiger partial charge in [0.1, 0.15) is 0 Å². The van der Waals surface area contributed by atoms with Crippen molar-refractivity contribution in [1.29, 1.82) is 0 Å². The van der Waals surface area contributed by atoms with E-state index in [9.17, 15) is 4.79 Å². The Morgan fingerprint density at radius 1 is 1.29 bits per heavy atom. The van der Waals surface area contributed by atoms with Crippen molar-refractivity contribution in [1.82, 2.24) is 0 Å². The van der Waals surface area contributed by atoms with Crippen molar-refractivity contribution in [2.24, 2.45) is 0 Å². The predicted octanol–water partition coefficient (Wildman–Crippen LogP) is 2.42. The van der Waals surface area contributed by atoms with Crippen LogP contribution < -0.4 is 5.73 Å². The molecule has 90 valence electrons. The fourth-order valence-electron chi connectivity index (χ4n) is 1.91. The van der Waals surface area contributed by atoms with Crippen molar-refractivity contribution in [3.05, 3.63) is 41.7 Å². The molecule has 0 atom stereocenters. The molecular weight excluding hydrogens is 214 g/mol. The maximum absolute atomic E-state index is 12.3. The Labute approximate surface area is 101 Å². The van der Waals surface area contributed by atoms with Gasteiger partial charge in [0.15, 0.2) is 5.76 Å². The lowest BCUT2D eigenvalue weighted by Gasteiger charge is -2.24. The van der Waals surface area contributed by atoms with Crippen molar-refractivity contribution in [3.63, 3.8) is 0 Å². The van der Waals surface area contributed by atoms with Crippen molar-refractivity contribution in [2.75, 3.05) is 12.3 Å². The number of benzene rings is 1. The first kappa shape index (κ1) is 11.7. The molecule has 17 heavy (non-hydrogen) atoms. The molecule has 1 aromatic carbocycles. The van der Waals surface area contributed by atoms with Crippen LogP contribution in [0.1, 0.15) is 25.8 Å². The maximum Gasteiger partial charge on any atom is 0.206 e. The second kappa shape index (κ2) is 4.24. The summed E-state index contributed by atoms with van der Waals surface area (Å²) in [5, 5.41) is 0. The van der Waals surface area contributed by atoms with Gasteiger partial charge in [-0.05, 0) is 37.6 Å². The SMILES string of the molecule is CC(C)(C(=O)C1=CCCO1)c1ccc(N)cc1. The number of carbonyl (C=O) groups is 1. The lowest BCUT2D eigenvalue weighted by molar-refractivity contribution is -0.122. The van der Waals surface area contributed by atoms with Gasteiger partial charge in [0, 0.05) is 12.1 Å². The minimum atomic E-state index is -0.579. The summed E-state index contributed by atoms with van der Waals surface area (Å²) >= 11 is 0. The van der Waals surface area contributed by atoms with E-state index in [1.807, 2.05) is 44.2 Å². The van der Waals surface area contributed by atoms with Crippen molar-refractivity contribution in [2.45, 2.75) is 25.7 Å². The number of rotatable bonds is 3. The van der Waals surface area contributed by atoms with Crippen LogP contribution in [0.15, 0.2) is 36.1 Å². The average molecular weight is 231 g/mol. The fourth-order valence-corrected chi connectivity index (χ4v) is 1.91. The number of hydrogen-bond acceptors (Lipinski definition) is 3. The second-order valence-corrected chi connectivity index (χ2v) is 4.78. The minimum absolute atomic E-state index is 0.0276. The van der Waals surface area contributed by atoms with Crippen LogP contribution in [-0.2, 0) is 14.9 Å². The standard InChI is InChI=1S/C14H17NO2/c1-14(2,10-5-7-11(15)8-6-10)13(16)12-4-3-9-17-12/h4-8H,3,9,15H2,1-2H3. The Balaban J connectivity index is 2.28. The summed E-state index contributed by atoms with van der Waals surface area (Å²) in [7, 11) is 0. The first-order valence-electron chi connectivity index (χ1n) is 5.75. The van der Waals surface area contributed by atoms with Gasteiger partial charge in [-0.1, -0.05) is 12.1 Å². The minimum Gasteiger partial charge on any atom is -0.490 e. The van der Waals surface area contributed by atoms with Crippen LogP contribution in [0.4, 0.5) is 5.69 Å². The molecule has 0 radical (unpaired) electrons. The third-order valence-electron chi connectivity index (χ3n) is 3.13. The summed E-state index contributed by atoms with van der Waals surface area (Å²) in [6.07, 6.45) is 2.68. The Hall–Kier alpha value is -1.77. The van der Waals surface area contributed by atoms with Crippen LogP contribution in [0.2, 0.25) is 0 Å². The van der Waals surface area contributed by atoms with Gasteiger partial charge in [0.05, 0.1) is 12.0 Å². The number of allylic oxidation sites excluding steroid dienone is 1. The van der Waals surface area contributed by atoms with Gasteiger partial charge in [-0.25, -0.2) is 0 Å². The number of carbonyl (C=O) groups excluding carboxylic acids is 1. The van der Waals surface area contributed by atoms with E-state index in [0.717, 1.165) is 12.0 Å². The average Bonchev–Trinajstić information content (AvgIpc) is 2.82. The van der Waals surface area contributed by atoms with Crippen LogP contribution in [0.3, 0.4) is 0 Å². The normalized spacial score (nSPS) is 15.3. The van der Waals surface area contributed by atoms with Gasteiger partial charge < -0.3 is 10.5 Å². The second-order valence-electron chi connectivity index (χ2n) is 4.78. The molecule has 1 heterocycles. The molecule has 0 fully saturated rings. The van der Waals surface area contributed by atoms with Crippen LogP contribution in [0.25, 0.3) is 0 Å². The summed E-state index contributed by atoms with van der Waals surface area (Å²) in [6.45, 7) is 4.42. The first-order chi connectivity index (χ1) is 8.01. The van der Waals surface area contributed by atoms with E-state index >= 15 is 0 Å². The van der Waals surface area contributed by atoms with E-state index in [2.05, 4.69) is 0 Å². The van der Waals surface area contributed by atoms with E-state index in [-0.39, 0.29) is 5.78 Å². The smallest absolute Gasteiger partial charge is 0.206 e. The summed E-state index contributed by atoms with van der Waals surface area (Å²) in [6, 6.07) is 7.41. The molecule has 0 aromatic heterocycles. The maximum atomic E-state index is 12.3. The molecule has 0 spiro atoms. The van der Waals surface area contributed by atoms with E-state index < -0.39 is 5.41 Å². The largest absolute Gasteiger partial charge is 0.490 e. The van der Waals surface area contributed by atoms with Gasteiger partial charge in [-0.3, -0.25) is 4.79 Å². The molecule has 2 N–H and O–H groups in total. The van der Waals surface area contributed by atoms with E-state index in [4.69, 9.17) is 10.5 Å². The number of ketones is 1. The number of nitrogen functional groups attached to an aromatic ring is 1. The molecule has 0 unspecified atom stereocenters. The van der Waals surface area contributed by atoms with Crippen LogP contribution in [-0.4, -0.2) is 12.4 Å². The highest BCUT2D eigenvalue weighted by Crippen LogP contribution is 2.29. The van der Waals surface area contributed by atoms with Gasteiger partial charge in [0.25, 0.3) is 0 Å².